The summed E-state index contributed by atoms with van der Waals surface area (Å²) < 4.78 is 0. The molecule has 92 valence electrons. The van der Waals surface area contributed by atoms with E-state index in [9.17, 15) is 0 Å². The average molecular weight is 230 g/mol. The van der Waals surface area contributed by atoms with Crippen molar-refractivity contribution in [3.05, 3.63) is 30.3 Å². The van der Waals surface area contributed by atoms with Crippen molar-refractivity contribution >= 4 is 5.69 Å². The Morgan fingerprint density at radius 3 is 2.12 bits per heavy atom. The number of anilines is 1. The van der Waals surface area contributed by atoms with Crippen LogP contribution < -0.4 is 4.90 Å². The van der Waals surface area contributed by atoms with Crippen LogP contribution in [0.15, 0.2) is 30.3 Å². The summed E-state index contributed by atoms with van der Waals surface area (Å²) in [7, 11) is 0. The van der Waals surface area contributed by atoms with Gasteiger partial charge in [0.25, 0.3) is 0 Å². The normalized spacial score (nSPS) is 29.0. The molecule has 1 aromatic carbocycles. The van der Waals surface area contributed by atoms with Crippen LogP contribution in [0.3, 0.4) is 0 Å². The predicted octanol–water partition coefficient (Wildman–Crippen LogP) is 2.75. The van der Waals surface area contributed by atoms with Crippen molar-refractivity contribution in [2.24, 2.45) is 0 Å². The molecule has 2 saturated heterocycles. The van der Waals surface area contributed by atoms with Crippen molar-refractivity contribution < 1.29 is 0 Å². The summed E-state index contributed by atoms with van der Waals surface area (Å²) in [5, 5.41) is 0. The molecule has 1 aromatic rings. The molecule has 0 radical (unpaired) electrons. The third kappa shape index (κ3) is 1.95. The first-order chi connectivity index (χ1) is 8.25. The van der Waals surface area contributed by atoms with Gasteiger partial charge in [0.05, 0.1) is 0 Å². The van der Waals surface area contributed by atoms with Crippen LogP contribution in [0.4, 0.5) is 5.69 Å². The van der Waals surface area contributed by atoms with E-state index < -0.39 is 0 Å². The average Bonchev–Trinajstić information content (AvgIpc) is 2.62. The molecule has 2 heteroatoms. The van der Waals surface area contributed by atoms with Crippen molar-refractivity contribution in [3.63, 3.8) is 0 Å². The second kappa shape index (κ2) is 4.34. The molecule has 2 fully saturated rings. The third-order valence-corrected chi connectivity index (χ3v) is 4.26. The molecule has 0 aliphatic carbocycles. The first-order valence-electron chi connectivity index (χ1n) is 6.83. The predicted molar refractivity (Wildman–Crippen MR) is 72.4 cm³/mol. The molecule has 0 spiro atoms. The fraction of sp³-hybridized carbons (Fsp3) is 0.600. The van der Waals surface area contributed by atoms with Gasteiger partial charge in [-0.25, -0.2) is 0 Å². The second-order valence-electron chi connectivity index (χ2n) is 5.67. The van der Waals surface area contributed by atoms with Crippen LogP contribution >= 0.6 is 0 Å². The smallest absolute Gasteiger partial charge is 0.0367 e. The molecule has 2 atom stereocenters. The van der Waals surface area contributed by atoms with E-state index in [0.29, 0.717) is 6.04 Å². The van der Waals surface area contributed by atoms with Crippen LogP contribution in [0.2, 0.25) is 0 Å². The van der Waals surface area contributed by atoms with E-state index in [1.54, 1.807) is 0 Å². The van der Waals surface area contributed by atoms with Crippen LogP contribution in [-0.4, -0.2) is 36.1 Å². The molecular weight excluding hydrogens is 208 g/mol. The molecule has 2 nitrogen and oxygen atoms in total. The molecule has 0 amide bonds. The molecule has 17 heavy (non-hydrogen) atoms. The monoisotopic (exact) mass is 230 g/mol. The molecule has 0 saturated carbocycles. The van der Waals surface area contributed by atoms with Crippen molar-refractivity contribution in [3.8, 4) is 0 Å². The maximum Gasteiger partial charge on any atom is 0.0367 e. The molecule has 2 aliphatic heterocycles. The standard InChI is InChI=1S/C15H22N2/c1-12(2)17-14-8-9-15(17)11-16(10-14)13-6-4-3-5-7-13/h3-7,12,14-15H,8-11H2,1-2H3. The summed E-state index contributed by atoms with van der Waals surface area (Å²) in [5.74, 6) is 0. The molecule has 2 unspecified atom stereocenters. The Morgan fingerprint density at radius 1 is 1.00 bits per heavy atom. The quantitative estimate of drug-likeness (QED) is 0.771. The highest BCUT2D eigenvalue weighted by Gasteiger charge is 2.40. The van der Waals surface area contributed by atoms with E-state index in [1.165, 1.54) is 31.6 Å². The minimum Gasteiger partial charge on any atom is -0.368 e. The van der Waals surface area contributed by atoms with Crippen molar-refractivity contribution in [2.45, 2.75) is 44.8 Å². The number of piperazine rings is 1. The summed E-state index contributed by atoms with van der Waals surface area (Å²) in [5.41, 5.74) is 1.40. The highest BCUT2D eigenvalue weighted by Crippen LogP contribution is 2.33. The summed E-state index contributed by atoms with van der Waals surface area (Å²) in [6.07, 6.45) is 2.76. The van der Waals surface area contributed by atoms with Gasteiger partial charge in [-0.15, -0.1) is 0 Å². The Hall–Kier alpha value is -1.02. The Balaban J connectivity index is 1.78. The molecule has 3 rings (SSSR count). The topological polar surface area (TPSA) is 6.48 Å². The van der Waals surface area contributed by atoms with Crippen molar-refractivity contribution in [1.82, 2.24) is 4.90 Å². The number of fused-ring (bicyclic) bond motifs is 2. The number of benzene rings is 1. The zero-order valence-electron chi connectivity index (χ0n) is 10.8. The Morgan fingerprint density at radius 2 is 1.59 bits per heavy atom. The number of hydrogen-bond acceptors (Lipinski definition) is 2. The van der Waals surface area contributed by atoms with E-state index in [0.717, 1.165) is 12.1 Å². The Bertz CT molecular complexity index is 360. The van der Waals surface area contributed by atoms with Gasteiger partial charge in [-0.1, -0.05) is 18.2 Å². The third-order valence-electron chi connectivity index (χ3n) is 4.26. The fourth-order valence-electron chi connectivity index (χ4n) is 3.63. The lowest BCUT2D eigenvalue weighted by molar-refractivity contribution is 0.129. The first-order valence-corrected chi connectivity index (χ1v) is 6.83. The summed E-state index contributed by atoms with van der Waals surface area (Å²) >= 11 is 0. The number of para-hydroxylation sites is 1. The lowest BCUT2D eigenvalue weighted by Crippen LogP contribution is -2.56. The van der Waals surface area contributed by atoms with Crippen LogP contribution in [0, 0.1) is 0 Å². The Labute approximate surface area is 104 Å². The van der Waals surface area contributed by atoms with Gasteiger partial charge in [-0.05, 0) is 38.8 Å². The zero-order chi connectivity index (χ0) is 11.8. The minimum atomic E-state index is 0.699. The summed E-state index contributed by atoms with van der Waals surface area (Å²) in [6.45, 7) is 7.09. The second-order valence-corrected chi connectivity index (χ2v) is 5.67. The van der Waals surface area contributed by atoms with E-state index >= 15 is 0 Å². The zero-order valence-corrected chi connectivity index (χ0v) is 10.8. The number of hydrogen-bond donors (Lipinski definition) is 0. The fourth-order valence-corrected chi connectivity index (χ4v) is 3.63. The van der Waals surface area contributed by atoms with Gasteiger partial charge in [0, 0.05) is 36.9 Å². The van der Waals surface area contributed by atoms with Crippen LogP contribution in [0.25, 0.3) is 0 Å². The van der Waals surface area contributed by atoms with Crippen LogP contribution in [0.5, 0.6) is 0 Å². The van der Waals surface area contributed by atoms with Gasteiger partial charge in [-0.3, -0.25) is 4.90 Å². The van der Waals surface area contributed by atoms with Gasteiger partial charge in [-0.2, -0.15) is 0 Å². The number of nitrogens with zero attached hydrogens (tertiary/aromatic N) is 2. The van der Waals surface area contributed by atoms with E-state index in [2.05, 4.69) is 54.0 Å². The van der Waals surface area contributed by atoms with E-state index in [-0.39, 0.29) is 0 Å². The largest absolute Gasteiger partial charge is 0.368 e. The van der Waals surface area contributed by atoms with Gasteiger partial charge in [0.2, 0.25) is 0 Å². The van der Waals surface area contributed by atoms with Gasteiger partial charge >= 0.3 is 0 Å². The van der Waals surface area contributed by atoms with Crippen molar-refractivity contribution in [2.75, 3.05) is 18.0 Å². The van der Waals surface area contributed by atoms with Crippen LogP contribution in [0.1, 0.15) is 26.7 Å². The first kappa shape index (κ1) is 11.1. The lowest BCUT2D eigenvalue weighted by Gasteiger charge is -2.44. The molecule has 0 aromatic heterocycles. The molecule has 2 aliphatic rings. The molecule has 2 heterocycles. The summed E-state index contributed by atoms with van der Waals surface area (Å²) in [6, 6.07) is 13.1. The maximum atomic E-state index is 2.74. The Kier molecular flexibility index (Phi) is 2.83. The molecule has 0 N–H and O–H groups in total. The highest BCUT2D eigenvalue weighted by molar-refractivity contribution is 5.47. The lowest BCUT2D eigenvalue weighted by atomic mass is 10.1. The molecule has 2 bridgehead atoms. The van der Waals surface area contributed by atoms with Gasteiger partial charge < -0.3 is 4.90 Å². The SMILES string of the molecule is CC(C)N1C2CCC1CN(c1ccccc1)C2. The maximum absolute atomic E-state index is 2.74. The van der Waals surface area contributed by atoms with E-state index in [1.807, 2.05) is 0 Å². The van der Waals surface area contributed by atoms with Crippen molar-refractivity contribution in [1.29, 1.82) is 0 Å². The van der Waals surface area contributed by atoms with Gasteiger partial charge in [0.15, 0.2) is 0 Å². The minimum absolute atomic E-state index is 0.699. The number of rotatable bonds is 2. The van der Waals surface area contributed by atoms with Gasteiger partial charge in [0.1, 0.15) is 0 Å². The summed E-state index contributed by atoms with van der Waals surface area (Å²) in [4.78, 5) is 5.31. The highest BCUT2D eigenvalue weighted by atomic mass is 15.3. The van der Waals surface area contributed by atoms with Crippen LogP contribution in [-0.2, 0) is 0 Å². The van der Waals surface area contributed by atoms with E-state index in [4.69, 9.17) is 0 Å². The molecular formula is C15H22N2.